The van der Waals surface area contributed by atoms with Crippen LogP contribution in [0.5, 0.6) is 0 Å². The van der Waals surface area contributed by atoms with Crippen molar-refractivity contribution in [1.29, 1.82) is 0 Å². The van der Waals surface area contributed by atoms with Crippen molar-refractivity contribution in [3.63, 3.8) is 0 Å². The van der Waals surface area contributed by atoms with Gasteiger partial charge in [-0.15, -0.1) is 10.2 Å². The van der Waals surface area contributed by atoms with Gasteiger partial charge in [0.15, 0.2) is 10.8 Å². The highest BCUT2D eigenvalue weighted by atomic mass is 35.5. The second kappa shape index (κ2) is 7.79. The monoisotopic (exact) mass is 299 g/mol. The number of carboxylic acids is 1. The van der Waals surface area contributed by atoms with Crippen LogP contribution in [0.15, 0.2) is 12.1 Å². The van der Waals surface area contributed by atoms with Crippen molar-refractivity contribution in [2.45, 2.75) is 26.7 Å². The fraction of sp³-hybridized carbons (Fsp3) is 0.538. The van der Waals surface area contributed by atoms with E-state index in [1.807, 2.05) is 13.8 Å². The Labute approximate surface area is 122 Å². The molecule has 110 valence electrons. The van der Waals surface area contributed by atoms with E-state index < -0.39 is 5.97 Å². The van der Waals surface area contributed by atoms with Gasteiger partial charge < -0.3 is 10.4 Å². The van der Waals surface area contributed by atoms with E-state index in [1.165, 1.54) is 12.1 Å². The van der Waals surface area contributed by atoms with E-state index in [4.69, 9.17) is 16.7 Å². The summed E-state index contributed by atoms with van der Waals surface area (Å²) in [5, 5.41) is 19.0. The van der Waals surface area contributed by atoms with E-state index in [2.05, 4.69) is 15.5 Å². The van der Waals surface area contributed by atoms with Crippen molar-refractivity contribution in [3.05, 3.63) is 23.0 Å². The Morgan fingerprint density at radius 3 is 2.55 bits per heavy atom. The lowest BCUT2D eigenvalue weighted by molar-refractivity contribution is -0.138. The number of hydrogen-bond acceptors (Lipinski definition) is 4. The van der Waals surface area contributed by atoms with E-state index in [1.54, 1.807) is 0 Å². The van der Waals surface area contributed by atoms with Gasteiger partial charge in [-0.25, -0.2) is 0 Å². The maximum atomic E-state index is 11.8. The molecule has 0 aromatic carbocycles. The SMILES string of the molecule is CC(C)CC(CNC(=O)c1ccc(Cl)nn1)CC(=O)O. The highest BCUT2D eigenvalue weighted by Crippen LogP contribution is 2.15. The topological polar surface area (TPSA) is 92.2 Å². The van der Waals surface area contributed by atoms with Gasteiger partial charge in [-0.05, 0) is 30.4 Å². The first-order valence-electron chi connectivity index (χ1n) is 6.37. The van der Waals surface area contributed by atoms with Gasteiger partial charge in [0.25, 0.3) is 5.91 Å². The molecule has 1 unspecified atom stereocenters. The van der Waals surface area contributed by atoms with Gasteiger partial charge in [0.05, 0.1) is 0 Å². The molecule has 6 nitrogen and oxygen atoms in total. The fourth-order valence-corrected chi connectivity index (χ4v) is 2.02. The van der Waals surface area contributed by atoms with Gasteiger partial charge in [-0.2, -0.15) is 0 Å². The third kappa shape index (κ3) is 5.97. The van der Waals surface area contributed by atoms with Crippen LogP contribution in [0.4, 0.5) is 0 Å². The Balaban J connectivity index is 2.55. The number of aliphatic carboxylic acids is 1. The van der Waals surface area contributed by atoms with Crippen LogP contribution in [0, 0.1) is 11.8 Å². The Kier molecular flexibility index (Phi) is 6.38. The summed E-state index contributed by atoms with van der Waals surface area (Å²) in [6, 6.07) is 2.95. The Morgan fingerprint density at radius 1 is 1.35 bits per heavy atom. The molecule has 0 saturated heterocycles. The molecule has 0 aliphatic heterocycles. The molecule has 1 amide bonds. The number of carboxylic acid groups (broad SMARTS) is 1. The highest BCUT2D eigenvalue weighted by Gasteiger charge is 2.17. The van der Waals surface area contributed by atoms with E-state index >= 15 is 0 Å². The molecule has 1 heterocycles. The van der Waals surface area contributed by atoms with Gasteiger partial charge in [-0.3, -0.25) is 9.59 Å². The third-order valence-corrected chi connectivity index (χ3v) is 2.89. The Bertz CT molecular complexity index is 462. The molecular formula is C13H18ClN3O3. The van der Waals surface area contributed by atoms with Gasteiger partial charge in [0.1, 0.15) is 0 Å². The Hall–Kier alpha value is -1.69. The van der Waals surface area contributed by atoms with Gasteiger partial charge >= 0.3 is 5.97 Å². The molecule has 0 saturated carbocycles. The number of amides is 1. The van der Waals surface area contributed by atoms with Crippen LogP contribution in [-0.2, 0) is 4.79 Å². The minimum atomic E-state index is -0.865. The Morgan fingerprint density at radius 2 is 2.05 bits per heavy atom. The number of nitrogens with zero attached hydrogens (tertiary/aromatic N) is 2. The number of rotatable bonds is 7. The van der Waals surface area contributed by atoms with Crippen LogP contribution in [0.1, 0.15) is 37.2 Å². The smallest absolute Gasteiger partial charge is 0.303 e. The number of aromatic nitrogens is 2. The number of halogens is 1. The molecule has 1 rings (SSSR count). The quantitative estimate of drug-likeness (QED) is 0.803. The zero-order chi connectivity index (χ0) is 15.1. The predicted molar refractivity (Wildman–Crippen MR) is 74.6 cm³/mol. The molecule has 0 aliphatic carbocycles. The summed E-state index contributed by atoms with van der Waals surface area (Å²) in [4.78, 5) is 22.6. The molecule has 1 atom stereocenters. The summed E-state index contributed by atoms with van der Waals surface area (Å²) < 4.78 is 0. The van der Waals surface area contributed by atoms with Crippen molar-refractivity contribution in [3.8, 4) is 0 Å². The van der Waals surface area contributed by atoms with Crippen molar-refractivity contribution in [2.75, 3.05) is 6.54 Å². The molecule has 1 aromatic heterocycles. The number of carbonyl (C=O) groups is 2. The average molecular weight is 300 g/mol. The first kappa shape index (κ1) is 16.4. The summed E-state index contributed by atoms with van der Waals surface area (Å²) in [5.41, 5.74) is 0.160. The molecule has 0 aliphatic rings. The maximum Gasteiger partial charge on any atom is 0.303 e. The van der Waals surface area contributed by atoms with E-state index in [0.717, 1.165) is 6.42 Å². The second-order valence-electron chi connectivity index (χ2n) is 5.04. The van der Waals surface area contributed by atoms with E-state index in [-0.39, 0.29) is 29.1 Å². The van der Waals surface area contributed by atoms with Crippen molar-refractivity contribution in [1.82, 2.24) is 15.5 Å². The lowest BCUT2D eigenvalue weighted by Gasteiger charge is -2.17. The number of hydrogen-bond donors (Lipinski definition) is 2. The average Bonchev–Trinajstić information content (AvgIpc) is 2.35. The molecule has 0 spiro atoms. The first-order valence-corrected chi connectivity index (χ1v) is 6.75. The zero-order valence-corrected chi connectivity index (χ0v) is 12.2. The zero-order valence-electron chi connectivity index (χ0n) is 11.5. The molecule has 0 radical (unpaired) electrons. The normalized spacial score (nSPS) is 12.2. The largest absolute Gasteiger partial charge is 0.481 e. The first-order chi connectivity index (χ1) is 9.38. The minimum Gasteiger partial charge on any atom is -0.481 e. The number of carbonyl (C=O) groups excluding carboxylic acids is 1. The lowest BCUT2D eigenvalue weighted by Crippen LogP contribution is -2.31. The summed E-state index contributed by atoms with van der Waals surface area (Å²) in [6.45, 7) is 4.33. The molecular weight excluding hydrogens is 282 g/mol. The van der Waals surface area contributed by atoms with Crippen LogP contribution in [-0.4, -0.2) is 33.7 Å². The molecule has 1 aromatic rings. The maximum absolute atomic E-state index is 11.8. The summed E-state index contributed by atoms with van der Waals surface area (Å²) >= 11 is 5.59. The highest BCUT2D eigenvalue weighted by molar-refractivity contribution is 6.29. The van der Waals surface area contributed by atoms with Crippen molar-refractivity contribution < 1.29 is 14.7 Å². The fourth-order valence-electron chi connectivity index (χ4n) is 1.92. The van der Waals surface area contributed by atoms with Crippen LogP contribution in [0.2, 0.25) is 5.15 Å². The van der Waals surface area contributed by atoms with E-state index in [0.29, 0.717) is 12.5 Å². The van der Waals surface area contributed by atoms with Gasteiger partial charge in [0.2, 0.25) is 0 Å². The standard InChI is InChI=1S/C13H18ClN3O3/c1-8(2)5-9(6-12(18)19)7-15-13(20)10-3-4-11(14)17-16-10/h3-4,8-9H,5-7H2,1-2H3,(H,15,20)(H,18,19). The van der Waals surface area contributed by atoms with Gasteiger partial charge in [-0.1, -0.05) is 25.4 Å². The second-order valence-corrected chi connectivity index (χ2v) is 5.43. The van der Waals surface area contributed by atoms with Crippen LogP contribution >= 0.6 is 11.6 Å². The third-order valence-electron chi connectivity index (χ3n) is 2.68. The summed E-state index contributed by atoms with van der Waals surface area (Å²) in [7, 11) is 0. The van der Waals surface area contributed by atoms with Crippen LogP contribution < -0.4 is 5.32 Å². The molecule has 2 N–H and O–H groups in total. The van der Waals surface area contributed by atoms with E-state index in [9.17, 15) is 9.59 Å². The summed E-state index contributed by atoms with van der Waals surface area (Å²) in [5.74, 6) is -0.979. The summed E-state index contributed by atoms with van der Waals surface area (Å²) in [6.07, 6.45) is 0.767. The predicted octanol–water partition coefficient (Wildman–Crippen LogP) is 2.00. The van der Waals surface area contributed by atoms with Crippen LogP contribution in [0.3, 0.4) is 0 Å². The molecule has 7 heteroatoms. The number of nitrogens with one attached hydrogen (secondary N) is 1. The minimum absolute atomic E-state index is 0.0325. The molecule has 0 bridgehead atoms. The van der Waals surface area contributed by atoms with Crippen molar-refractivity contribution in [2.24, 2.45) is 11.8 Å². The molecule has 0 fully saturated rings. The van der Waals surface area contributed by atoms with Gasteiger partial charge in [0, 0.05) is 13.0 Å². The van der Waals surface area contributed by atoms with Crippen molar-refractivity contribution >= 4 is 23.5 Å². The van der Waals surface area contributed by atoms with Crippen LogP contribution in [0.25, 0.3) is 0 Å². The molecule has 20 heavy (non-hydrogen) atoms. The lowest BCUT2D eigenvalue weighted by atomic mass is 9.94.